The largest absolute Gasteiger partial charge is 0.285 e. The highest BCUT2D eigenvalue weighted by atomic mass is 79.9. The fourth-order valence-electron chi connectivity index (χ4n) is 1.18. The molecule has 0 aliphatic rings. The number of aromatic amines is 1. The predicted molar refractivity (Wildman–Crippen MR) is 64.6 cm³/mol. The highest BCUT2D eigenvalue weighted by molar-refractivity contribution is 9.10. The summed E-state index contributed by atoms with van der Waals surface area (Å²) in [7, 11) is -3.54. The highest BCUT2D eigenvalue weighted by Gasteiger charge is 2.14. The summed E-state index contributed by atoms with van der Waals surface area (Å²) in [6.07, 6.45) is 6.00. The minimum absolute atomic E-state index is 0.121. The van der Waals surface area contributed by atoms with Gasteiger partial charge in [0.05, 0.1) is 6.20 Å². The van der Waals surface area contributed by atoms with Crippen LogP contribution in [0.3, 0.4) is 0 Å². The molecule has 17 heavy (non-hydrogen) atoms. The Morgan fingerprint density at radius 3 is 2.82 bits per heavy atom. The van der Waals surface area contributed by atoms with Crippen LogP contribution in [0.5, 0.6) is 0 Å². The van der Waals surface area contributed by atoms with Crippen LogP contribution >= 0.6 is 15.9 Å². The maximum Gasteiger partial charge on any atom is 0.242 e. The van der Waals surface area contributed by atoms with Crippen molar-refractivity contribution in [3.05, 3.63) is 40.9 Å². The average Bonchev–Trinajstić information content (AvgIpc) is 2.79. The van der Waals surface area contributed by atoms with Crippen molar-refractivity contribution < 1.29 is 8.42 Å². The lowest BCUT2D eigenvalue weighted by Crippen LogP contribution is -2.23. The van der Waals surface area contributed by atoms with E-state index in [9.17, 15) is 8.42 Å². The quantitative estimate of drug-likeness (QED) is 0.882. The summed E-state index contributed by atoms with van der Waals surface area (Å²) in [5.74, 6) is 0. The zero-order chi connectivity index (χ0) is 12.3. The Morgan fingerprint density at radius 2 is 2.18 bits per heavy atom. The molecule has 0 aromatic carbocycles. The smallest absolute Gasteiger partial charge is 0.242 e. The van der Waals surface area contributed by atoms with Crippen LogP contribution in [0.25, 0.3) is 0 Å². The first-order valence-corrected chi connectivity index (χ1v) is 6.93. The summed E-state index contributed by atoms with van der Waals surface area (Å²) < 4.78 is 26.8. The molecule has 2 heterocycles. The molecule has 0 amide bonds. The Balaban J connectivity index is 2.14. The summed E-state index contributed by atoms with van der Waals surface area (Å²) in [4.78, 5) is 3.93. The predicted octanol–water partition coefficient (Wildman–Crippen LogP) is 1.05. The second-order valence-corrected chi connectivity index (χ2v) is 5.95. The van der Waals surface area contributed by atoms with Gasteiger partial charge in [0.1, 0.15) is 4.90 Å². The van der Waals surface area contributed by atoms with Crippen molar-refractivity contribution in [2.75, 3.05) is 0 Å². The van der Waals surface area contributed by atoms with Gasteiger partial charge in [0.15, 0.2) is 0 Å². The molecule has 0 aliphatic heterocycles. The molecule has 2 N–H and O–H groups in total. The molecule has 0 unspecified atom stereocenters. The number of aromatic nitrogens is 3. The molecular formula is C9H9BrN4O2S. The van der Waals surface area contributed by atoms with E-state index in [1.807, 2.05) is 0 Å². The second-order valence-electron chi connectivity index (χ2n) is 3.27. The third-order valence-corrected chi connectivity index (χ3v) is 3.81. The molecule has 2 aromatic heterocycles. The number of halogens is 1. The van der Waals surface area contributed by atoms with E-state index in [0.29, 0.717) is 4.47 Å². The lowest BCUT2D eigenvalue weighted by Gasteiger charge is -2.05. The van der Waals surface area contributed by atoms with Gasteiger partial charge in [-0.25, -0.2) is 13.1 Å². The van der Waals surface area contributed by atoms with Gasteiger partial charge in [-0.05, 0) is 22.0 Å². The van der Waals surface area contributed by atoms with Gasteiger partial charge in [-0.2, -0.15) is 5.10 Å². The summed E-state index contributed by atoms with van der Waals surface area (Å²) in [6.45, 7) is 0.186. The maximum atomic E-state index is 11.9. The van der Waals surface area contributed by atoms with Gasteiger partial charge in [0, 0.05) is 35.2 Å². The second kappa shape index (κ2) is 4.94. The Kier molecular flexibility index (Phi) is 3.55. The zero-order valence-corrected chi connectivity index (χ0v) is 11.0. The Hall–Kier alpha value is -1.25. The molecule has 0 aliphatic carbocycles. The number of H-pyrrole nitrogens is 1. The van der Waals surface area contributed by atoms with Crippen LogP contribution in [-0.4, -0.2) is 23.6 Å². The van der Waals surface area contributed by atoms with Crippen molar-refractivity contribution in [3.8, 4) is 0 Å². The van der Waals surface area contributed by atoms with Gasteiger partial charge in [0.25, 0.3) is 0 Å². The van der Waals surface area contributed by atoms with E-state index in [0.717, 1.165) is 5.56 Å². The summed E-state index contributed by atoms with van der Waals surface area (Å²) in [5.41, 5.74) is 0.761. The van der Waals surface area contributed by atoms with Gasteiger partial charge in [-0.15, -0.1) is 0 Å². The van der Waals surface area contributed by atoms with Crippen molar-refractivity contribution >= 4 is 26.0 Å². The van der Waals surface area contributed by atoms with Gasteiger partial charge in [-0.3, -0.25) is 10.1 Å². The molecule has 6 nitrogen and oxygen atoms in total. The SMILES string of the molecule is O=S(=O)(NCc1cn[nH]c1)c1cncc(Br)c1. The van der Waals surface area contributed by atoms with E-state index in [2.05, 4.69) is 35.8 Å². The van der Waals surface area contributed by atoms with Gasteiger partial charge < -0.3 is 0 Å². The van der Waals surface area contributed by atoms with Crippen molar-refractivity contribution in [3.63, 3.8) is 0 Å². The normalized spacial score (nSPS) is 11.6. The van der Waals surface area contributed by atoms with Crippen LogP contribution in [0, 0.1) is 0 Å². The number of nitrogens with one attached hydrogen (secondary N) is 2. The fourth-order valence-corrected chi connectivity index (χ4v) is 2.70. The van der Waals surface area contributed by atoms with Gasteiger partial charge >= 0.3 is 0 Å². The molecule has 0 saturated carbocycles. The molecule has 0 radical (unpaired) electrons. The van der Waals surface area contributed by atoms with Crippen LogP contribution in [-0.2, 0) is 16.6 Å². The number of pyridine rings is 1. The van der Waals surface area contributed by atoms with E-state index in [1.54, 1.807) is 12.4 Å². The average molecular weight is 317 g/mol. The molecule has 0 fully saturated rings. The molecule has 0 saturated heterocycles. The number of hydrogen-bond donors (Lipinski definition) is 2. The minimum atomic E-state index is -3.54. The zero-order valence-electron chi connectivity index (χ0n) is 8.59. The van der Waals surface area contributed by atoms with E-state index in [4.69, 9.17) is 0 Å². The van der Waals surface area contributed by atoms with Crippen LogP contribution in [0.2, 0.25) is 0 Å². The van der Waals surface area contributed by atoms with Gasteiger partial charge in [-0.1, -0.05) is 0 Å². The molecule has 8 heteroatoms. The van der Waals surface area contributed by atoms with Crippen molar-refractivity contribution in [1.82, 2.24) is 19.9 Å². The summed E-state index contributed by atoms with van der Waals surface area (Å²) in [5, 5.41) is 6.34. The number of rotatable bonds is 4. The molecular weight excluding hydrogens is 308 g/mol. The van der Waals surface area contributed by atoms with E-state index >= 15 is 0 Å². The van der Waals surface area contributed by atoms with Crippen molar-refractivity contribution in [2.24, 2.45) is 0 Å². The lowest BCUT2D eigenvalue weighted by molar-refractivity contribution is 0.581. The fraction of sp³-hybridized carbons (Fsp3) is 0.111. The Labute approximate surface area is 107 Å². The molecule has 2 rings (SSSR count). The standard InChI is InChI=1S/C9H9BrN4O2S/c10-8-1-9(6-11-5-8)17(15,16)14-4-7-2-12-13-3-7/h1-3,5-6,14H,4H2,(H,12,13). The maximum absolute atomic E-state index is 11.9. The Morgan fingerprint density at radius 1 is 1.35 bits per heavy atom. The molecule has 90 valence electrons. The Bertz CT molecular complexity index is 597. The molecule has 0 atom stereocenters. The number of nitrogens with zero attached hydrogens (tertiary/aromatic N) is 2. The number of hydrogen-bond acceptors (Lipinski definition) is 4. The van der Waals surface area contributed by atoms with Crippen LogP contribution in [0.15, 0.2) is 40.2 Å². The van der Waals surface area contributed by atoms with Crippen LogP contribution < -0.4 is 4.72 Å². The highest BCUT2D eigenvalue weighted by Crippen LogP contribution is 2.14. The first-order valence-electron chi connectivity index (χ1n) is 4.66. The molecule has 0 bridgehead atoms. The first-order chi connectivity index (χ1) is 8.08. The van der Waals surface area contributed by atoms with Crippen molar-refractivity contribution in [2.45, 2.75) is 11.4 Å². The number of sulfonamides is 1. The lowest BCUT2D eigenvalue weighted by atomic mass is 10.4. The third kappa shape index (κ3) is 3.11. The third-order valence-electron chi connectivity index (χ3n) is 2.01. The summed E-state index contributed by atoms with van der Waals surface area (Å²) >= 11 is 3.17. The first kappa shape index (κ1) is 12.2. The van der Waals surface area contributed by atoms with Crippen LogP contribution in [0.1, 0.15) is 5.56 Å². The molecule has 2 aromatic rings. The monoisotopic (exact) mass is 316 g/mol. The summed E-state index contributed by atoms with van der Waals surface area (Å²) in [6, 6.07) is 1.49. The van der Waals surface area contributed by atoms with E-state index in [-0.39, 0.29) is 11.4 Å². The molecule has 0 spiro atoms. The van der Waals surface area contributed by atoms with E-state index in [1.165, 1.54) is 18.5 Å². The topological polar surface area (TPSA) is 87.7 Å². The van der Waals surface area contributed by atoms with E-state index < -0.39 is 10.0 Å². The van der Waals surface area contributed by atoms with Crippen LogP contribution in [0.4, 0.5) is 0 Å². The minimum Gasteiger partial charge on any atom is -0.285 e. The van der Waals surface area contributed by atoms with Crippen molar-refractivity contribution in [1.29, 1.82) is 0 Å². The van der Waals surface area contributed by atoms with Gasteiger partial charge in [0.2, 0.25) is 10.0 Å².